The van der Waals surface area contributed by atoms with E-state index in [1.807, 2.05) is 12.1 Å². The van der Waals surface area contributed by atoms with E-state index in [9.17, 15) is 9.59 Å². The van der Waals surface area contributed by atoms with Gasteiger partial charge in [-0.2, -0.15) is 0 Å². The van der Waals surface area contributed by atoms with E-state index in [-0.39, 0.29) is 17.6 Å². The Bertz CT molecular complexity index is 1010. The summed E-state index contributed by atoms with van der Waals surface area (Å²) >= 11 is 0. The number of nitrogens with zero attached hydrogens (tertiary/aromatic N) is 1. The van der Waals surface area contributed by atoms with Gasteiger partial charge in [-0.1, -0.05) is 19.1 Å². The molecule has 6 heteroatoms. The van der Waals surface area contributed by atoms with E-state index in [2.05, 4.69) is 34.6 Å². The zero-order chi connectivity index (χ0) is 21.6. The number of carbonyl (C=O) groups is 2. The molecule has 1 saturated heterocycles. The zero-order valence-corrected chi connectivity index (χ0v) is 17.6. The molecule has 1 unspecified atom stereocenters. The number of likely N-dealkylation sites (tertiary alicyclic amines) is 1. The van der Waals surface area contributed by atoms with Gasteiger partial charge in [0.25, 0.3) is 11.8 Å². The number of furan rings is 1. The van der Waals surface area contributed by atoms with Crippen LogP contribution in [0.25, 0.3) is 0 Å². The molecular weight excluding hydrogens is 390 g/mol. The first-order valence-electron chi connectivity index (χ1n) is 10.6. The monoisotopic (exact) mass is 417 g/mol. The number of nitrogens with one attached hydrogen (secondary N) is 2. The van der Waals surface area contributed by atoms with E-state index in [0.29, 0.717) is 11.3 Å². The minimum atomic E-state index is -0.332. The van der Waals surface area contributed by atoms with Crippen LogP contribution in [0.5, 0.6) is 0 Å². The van der Waals surface area contributed by atoms with Crippen molar-refractivity contribution in [3.63, 3.8) is 0 Å². The highest BCUT2D eigenvalue weighted by Crippen LogP contribution is 2.19. The number of hydrogen-bond donors (Lipinski definition) is 2. The van der Waals surface area contributed by atoms with Crippen molar-refractivity contribution in [1.29, 1.82) is 0 Å². The summed E-state index contributed by atoms with van der Waals surface area (Å²) in [6.07, 6.45) is 4.03. The minimum Gasteiger partial charge on any atom is -0.459 e. The first-order chi connectivity index (χ1) is 15.1. The Kier molecular flexibility index (Phi) is 6.48. The summed E-state index contributed by atoms with van der Waals surface area (Å²) in [7, 11) is 0. The molecule has 0 saturated carbocycles. The maximum Gasteiger partial charge on any atom is 0.291 e. The van der Waals surface area contributed by atoms with E-state index < -0.39 is 0 Å². The Balaban J connectivity index is 1.31. The van der Waals surface area contributed by atoms with Crippen molar-refractivity contribution in [3.8, 4) is 0 Å². The van der Waals surface area contributed by atoms with Crippen LogP contribution in [0.4, 0.5) is 11.4 Å². The zero-order valence-electron chi connectivity index (χ0n) is 17.6. The molecule has 2 heterocycles. The fourth-order valence-corrected chi connectivity index (χ4v) is 3.89. The average Bonchev–Trinajstić information content (AvgIpc) is 3.31. The van der Waals surface area contributed by atoms with Crippen LogP contribution in [0.1, 0.15) is 46.2 Å². The van der Waals surface area contributed by atoms with Crippen molar-refractivity contribution in [1.82, 2.24) is 4.90 Å². The van der Waals surface area contributed by atoms with E-state index in [1.165, 1.54) is 24.7 Å². The Hall–Kier alpha value is -3.38. The van der Waals surface area contributed by atoms with Gasteiger partial charge < -0.3 is 15.1 Å². The van der Waals surface area contributed by atoms with Gasteiger partial charge in [-0.25, -0.2) is 0 Å². The highest BCUT2D eigenvalue weighted by atomic mass is 16.3. The van der Waals surface area contributed by atoms with Crippen LogP contribution in [0.15, 0.2) is 71.3 Å². The van der Waals surface area contributed by atoms with Gasteiger partial charge >= 0.3 is 0 Å². The summed E-state index contributed by atoms with van der Waals surface area (Å²) < 4.78 is 5.07. The molecule has 1 fully saturated rings. The topological polar surface area (TPSA) is 74.6 Å². The summed E-state index contributed by atoms with van der Waals surface area (Å²) in [6, 6.07) is 18.0. The lowest BCUT2D eigenvalue weighted by Gasteiger charge is -2.30. The molecular formula is C25H27N3O3. The predicted molar refractivity (Wildman–Crippen MR) is 121 cm³/mol. The van der Waals surface area contributed by atoms with Gasteiger partial charge in [0.05, 0.1) is 6.26 Å². The standard InChI is InChI=1S/C25H27N3O3/c1-18-4-2-14-28(16-18)17-19-6-10-21(11-7-19)26-24(29)20-8-12-22(13-9-20)27-25(30)23-5-3-15-31-23/h3,5-13,15,18H,2,4,14,16-17H2,1H3,(H,26,29)(H,27,30). The summed E-state index contributed by atoms with van der Waals surface area (Å²) in [5.41, 5.74) is 3.12. The van der Waals surface area contributed by atoms with Crippen molar-refractivity contribution in [2.24, 2.45) is 5.92 Å². The largest absolute Gasteiger partial charge is 0.459 e. The van der Waals surface area contributed by atoms with E-state index in [1.54, 1.807) is 36.4 Å². The lowest BCUT2D eigenvalue weighted by molar-refractivity contribution is 0.0995. The average molecular weight is 418 g/mol. The molecule has 0 bridgehead atoms. The second kappa shape index (κ2) is 9.62. The second-order valence-corrected chi connectivity index (χ2v) is 8.14. The number of benzene rings is 2. The van der Waals surface area contributed by atoms with Crippen LogP contribution in [0.3, 0.4) is 0 Å². The molecule has 1 aliphatic heterocycles. The molecule has 2 amide bonds. The molecule has 0 radical (unpaired) electrons. The van der Waals surface area contributed by atoms with Gasteiger partial charge in [0.2, 0.25) is 0 Å². The van der Waals surface area contributed by atoms with Crippen LogP contribution in [-0.4, -0.2) is 29.8 Å². The number of carbonyl (C=O) groups excluding carboxylic acids is 2. The number of amides is 2. The van der Waals surface area contributed by atoms with E-state index in [0.717, 1.165) is 31.2 Å². The molecule has 6 nitrogen and oxygen atoms in total. The predicted octanol–water partition coefficient (Wildman–Crippen LogP) is 5.02. The maximum absolute atomic E-state index is 12.6. The Labute approximate surface area is 182 Å². The van der Waals surface area contributed by atoms with Crippen LogP contribution >= 0.6 is 0 Å². The third-order valence-corrected chi connectivity index (χ3v) is 5.51. The van der Waals surface area contributed by atoms with Crippen molar-refractivity contribution in [2.45, 2.75) is 26.3 Å². The first-order valence-corrected chi connectivity index (χ1v) is 10.6. The molecule has 0 aliphatic carbocycles. The number of anilines is 2. The second-order valence-electron chi connectivity index (χ2n) is 8.14. The molecule has 2 N–H and O–H groups in total. The number of rotatable bonds is 6. The lowest BCUT2D eigenvalue weighted by atomic mass is 10.00. The minimum absolute atomic E-state index is 0.193. The molecule has 4 rings (SSSR count). The number of hydrogen-bond acceptors (Lipinski definition) is 4. The smallest absolute Gasteiger partial charge is 0.291 e. The highest BCUT2D eigenvalue weighted by Gasteiger charge is 2.16. The van der Waals surface area contributed by atoms with E-state index in [4.69, 9.17) is 4.42 Å². The van der Waals surface area contributed by atoms with Gasteiger partial charge in [0.15, 0.2) is 5.76 Å². The number of piperidine rings is 1. The van der Waals surface area contributed by atoms with E-state index >= 15 is 0 Å². The summed E-state index contributed by atoms with van der Waals surface area (Å²) in [5.74, 6) is 0.472. The third kappa shape index (κ3) is 5.61. The van der Waals surface area contributed by atoms with Crippen LogP contribution in [-0.2, 0) is 6.54 Å². The Morgan fingerprint density at radius 3 is 2.29 bits per heavy atom. The molecule has 31 heavy (non-hydrogen) atoms. The lowest BCUT2D eigenvalue weighted by Crippen LogP contribution is -2.33. The fourth-order valence-electron chi connectivity index (χ4n) is 3.89. The van der Waals surface area contributed by atoms with Gasteiger partial charge in [0.1, 0.15) is 0 Å². The van der Waals surface area contributed by atoms with Crippen LogP contribution in [0.2, 0.25) is 0 Å². The molecule has 1 atom stereocenters. The Morgan fingerprint density at radius 1 is 0.968 bits per heavy atom. The quantitative estimate of drug-likeness (QED) is 0.591. The fraction of sp³-hybridized carbons (Fsp3) is 0.280. The van der Waals surface area contributed by atoms with Gasteiger partial charge in [-0.05, 0) is 79.4 Å². The molecule has 1 aliphatic rings. The van der Waals surface area contributed by atoms with Gasteiger partial charge in [0, 0.05) is 30.0 Å². The van der Waals surface area contributed by atoms with Crippen LogP contribution < -0.4 is 10.6 Å². The van der Waals surface area contributed by atoms with Gasteiger partial charge in [-0.15, -0.1) is 0 Å². The summed E-state index contributed by atoms with van der Waals surface area (Å²) in [4.78, 5) is 27.1. The summed E-state index contributed by atoms with van der Waals surface area (Å²) in [5, 5.41) is 5.66. The highest BCUT2D eigenvalue weighted by molar-refractivity contribution is 6.05. The van der Waals surface area contributed by atoms with Crippen molar-refractivity contribution in [2.75, 3.05) is 23.7 Å². The molecule has 0 spiro atoms. The molecule has 160 valence electrons. The third-order valence-electron chi connectivity index (χ3n) is 5.51. The van der Waals surface area contributed by atoms with Crippen molar-refractivity contribution >= 4 is 23.2 Å². The van der Waals surface area contributed by atoms with Crippen molar-refractivity contribution in [3.05, 3.63) is 83.8 Å². The maximum atomic E-state index is 12.6. The summed E-state index contributed by atoms with van der Waals surface area (Å²) in [6.45, 7) is 5.56. The molecule has 1 aromatic heterocycles. The van der Waals surface area contributed by atoms with Crippen LogP contribution in [0, 0.1) is 5.92 Å². The van der Waals surface area contributed by atoms with Gasteiger partial charge in [-0.3, -0.25) is 14.5 Å². The normalized spacial score (nSPS) is 16.6. The Morgan fingerprint density at radius 2 is 1.65 bits per heavy atom. The SMILES string of the molecule is CC1CCCN(Cc2ccc(NC(=O)c3ccc(NC(=O)c4ccco4)cc3)cc2)C1. The van der Waals surface area contributed by atoms with Crippen molar-refractivity contribution < 1.29 is 14.0 Å². The first kappa shape index (κ1) is 20.9. The molecule has 2 aromatic carbocycles. The molecule has 3 aromatic rings.